The zero-order chi connectivity index (χ0) is 14.7. The smallest absolute Gasteiger partial charge is 0.0874 e. The topological polar surface area (TPSA) is 9.23 Å². The molecule has 0 spiro atoms. The summed E-state index contributed by atoms with van der Waals surface area (Å²) in [6.07, 6.45) is 1.15. The maximum absolute atomic E-state index is 6.01. The highest BCUT2D eigenvalue weighted by Crippen LogP contribution is 2.40. The van der Waals surface area contributed by atoms with E-state index in [9.17, 15) is 0 Å². The third kappa shape index (κ3) is 3.58. The number of benzene rings is 2. The molecule has 1 unspecified atom stereocenters. The lowest BCUT2D eigenvalue weighted by Crippen LogP contribution is -2.13. The Morgan fingerprint density at radius 2 is 1.67 bits per heavy atom. The van der Waals surface area contributed by atoms with E-state index in [0.717, 1.165) is 13.0 Å². The van der Waals surface area contributed by atoms with Gasteiger partial charge < -0.3 is 4.74 Å². The molecule has 2 heteroatoms. The van der Waals surface area contributed by atoms with Crippen LogP contribution < -0.4 is 0 Å². The second kappa shape index (κ2) is 6.50. The molecule has 2 aromatic rings. The van der Waals surface area contributed by atoms with Crippen LogP contribution in [0.25, 0.3) is 0 Å². The molecular weight excluding hydrogens is 276 g/mol. The second-order valence-electron chi connectivity index (χ2n) is 5.53. The SMILES string of the molecule is CC1=C(Sc2ccccc2)CC(c2ccc(C)cc2)OC1. The van der Waals surface area contributed by atoms with Gasteiger partial charge in [-0.2, -0.15) is 0 Å². The maximum atomic E-state index is 6.01. The lowest BCUT2D eigenvalue weighted by molar-refractivity contribution is 0.0605. The molecule has 1 aliphatic heterocycles. The highest BCUT2D eigenvalue weighted by Gasteiger charge is 2.21. The molecule has 1 atom stereocenters. The van der Waals surface area contributed by atoms with Crippen molar-refractivity contribution < 1.29 is 4.74 Å². The highest BCUT2D eigenvalue weighted by molar-refractivity contribution is 8.03. The Balaban J connectivity index is 1.76. The molecule has 0 N–H and O–H groups in total. The lowest BCUT2D eigenvalue weighted by atomic mass is 10.0. The molecule has 0 saturated carbocycles. The number of rotatable bonds is 3. The minimum atomic E-state index is 0.181. The summed E-state index contributed by atoms with van der Waals surface area (Å²) in [6.45, 7) is 5.02. The summed E-state index contributed by atoms with van der Waals surface area (Å²) in [5.74, 6) is 0. The Kier molecular flexibility index (Phi) is 4.47. The molecule has 0 radical (unpaired) electrons. The second-order valence-corrected chi connectivity index (χ2v) is 6.70. The molecule has 0 aromatic heterocycles. The van der Waals surface area contributed by atoms with E-state index in [4.69, 9.17) is 4.74 Å². The first-order chi connectivity index (χ1) is 10.2. The van der Waals surface area contributed by atoms with Gasteiger partial charge in [0.2, 0.25) is 0 Å². The molecule has 1 nitrogen and oxygen atoms in total. The summed E-state index contributed by atoms with van der Waals surface area (Å²) in [4.78, 5) is 2.74. The van der Waals surface area contributed by atoms with E-state index < -0.39 is 0 Å². The molecule has 0 bridgehead atoms. The molecule has 0 saturated heterocycles. The number of aryl methyl sites for hydroxylation is 1. The number of ether oxygens (including phenoxy) is 1. The van der Waals surface area contributed by atoms with Crippen LogP contribution in [0.1, 0.15) is 30.6 Å². The van der Waals surface area contributed by atoms with Gasteiger partial charge in [-0.15, -0.1) is 0 Å². The van der Waals surface area contributed by atoms with Gasteiger partial charge in [0.25, 0.3) is 0 Å². The molecular formula is C19H20OS. The van der Waals surface area contributed by atoms with Crippen LogP contribution >= 0.6 is 11.8 Å². The first-order valence-electron chi connectivity index (χ1n) is 7.32. The van der Waals surface area contributed by atoms with Crippen LogP contribution in [0, 0.1) is 6.92 Å². The van der Waals surface area contributed by atoms with E-state index in [-0.39, 0.29) is 6.10 Å². The molecule has 3 rings (SSSR count). The quantitative estimate of drug-likeness (QED) is 0.737. The third-order valence-corrected chi connectivity index (χ3v) is 5.05. The van der Waals surface area contributed by atoms with Crippen molar-refractivity contribution in [1.82, 2.24) is 0 Å². The van der Waals surface area contributed by atoms with Crippen molar-refractivity contribution in [3.8, 4) is 0 Å². The van der Waals surface area contributed by atoms with Crippen molar-refractivity contribution in [3.63, 3.8) is 0 Å². The summed E-state index contributed by atoms with van der Waals surface area (Å²) in [5.41, 5.74) is 3.92. The largest absolute Gasteiger partial charge is 0.369 e. The van der Waals surface area contributed by atoms with Crippen LogP contribution in [0.5, 0.6) is 0 Å². The minimum absolute atomic E-state index is 0.181. The summed E-state index contributed by atoms with van der Waals surface area (Å²) in [6, 6.07) is 19.3. The fourth-order valence-corrected chi connectivity index (χ4v) is 3.51. The average molecular weight is 296 g/mol. The molecule has 0 amide bonds. The van der Waals surface area contributed by atoms with Crippen molar-refractivity contribution >= 4 is 11.8 Å². The Morgan fingerprint density at radius 3 is 2.38 bits per heavy atom. The van der Waals surface area contributed by atoms with Crippen molar-refractivity contribution in [3.05, 3.63) is 76.2 Å². The van der Waals surface area contributed by atoms with Gasteiger partial charge in [0.1, 0.15) is 0 Å². The van der Waals surface area contributed by atoms with E-state index in [2.05, 4.69) is 68.4 Å². The van der Waals surface area contributed by atoms with Crippen LogP contribution in [0.2, 0.25) is 0 Å². The Bertz CT molecular complexity index is 628. The fourth-order valence-electron chi connectivity index (χ4n) is 2.46. The van der Waals surface area contributed by atoms with Crippen molar-refractivity contribution in [1.29, 1.82) is 0 Å². The normalized spacial score (nSPS) is 18.9. The summed E-state index contributed by atoms with van der Waals surface area (Å²) in [5, 5.41) is 0. The summed E-state index contributed by atoms with van der Waals surface area (Å²) >= 11 is 1.87. The minimum Gasteiger partial charge on any atom is -0.369 e. The van der Waals surface area contributed by atoms with Gasteiger partial charge in [-0.05, 0) is 42.0 Å². The molecule has 1 heterocycles. The highest BCUT2D eigenvalue weighted by atomic mass is 32.2. The van der Waals surface area contributed by atoms with Crippen molar-refractivity contribution in [2.45, 2.75) is 31.3 Å². The molecule has 108 valence electrons. The predicted molar refractivity (Wildman–Crippen MR) is 89.5 cm³/mol. The summed E-state index contributed by atoms with van der Waals surface area (Å²) in [7, 11) is 0. The number of thioether (sulfide) groups is 1. The zero-order valence-corrected chi connectivity index (χ0v) is 13.3. The standard InChI is InChI=1S/C19H20OS/c1-14-8-10-16(11-9-14)18-12-19(15(2)13-20-18)21-17-6-4-3-5-7-17/h3-11,18H,12-13H2,1-2H3. The lowest BCUT2D eigenvalue weighted by Gasteiger charge is -2.26. The fraction of sp³-hybridized carbons (Fsp3) is 0.263. The molecule has 2 aromatic carbocycles. The zero-order valence-electron chi connectivity index (χ0n) is 12.5. The molecule has 0 fully saturated rings. The maximum Gasteiger partial charge on any atom is 0.0874 e. The predicted octanol–water partition coefficient (Wildman–Crippen LogP) is 5.52. The Morgan fingerprint density at radius 1 is 0.952 bits per heavy atom. The molecule has 0 aliphatic carbocycles. The van der Waals surface area contributed by atoms with Crippen LogP contribution in [0.3, 0.4) is 0 Å². The summed E-state index contributed by atoms with van der Waals surface area (Å²) < 4.78 is 6.01. The van der Waals surface area contributed by atoms with E-state index in [0.29, 0.717) is 0 Å². The van der Waals surface area contributed by atoms with E-state index in [1.807, 2.05) is 11.8 Å². The van der Waals surface area contributed by atoms with Crippen LogP contribution in [0.4, 0.5) is 0 Å². The van der Waals surface area contributed by atoms with E-state index in [1.54, 1.807) is 0 Å². The van der Waals surface area contributed by atoms with Gasteiger partial charge >= 0.3 is 0 Å². The molecule has 1 aliphatic rings. The first-order valence-corrected chi connectivity index (χ1v) is 8.14. The van der Waals surface area contributed by atoms with Crippen molar-refractivity contribution in [2.75, 3.05) is 6.61 Å². The van der Waals surface area contributed by atoms with E-state index in [1.165, 1.54) is 26.5 Å². The van der Waals surface area contributed by atoms with Gasteiger partial charge in [0.15, 0.2) is 0 Å². The van der Waals surface area contributed by atoms with Gasteiger partial charge in [-0.1, -0.05) is 59.8 Å². The number of hydrogen-bond acceptors (Lipinski definition) is 2. The van der Waals surface area contributed by atoms with E-state index >= 15 is 0 Å². The van der Waals surface area contributed by atoms with Crippen LogP contribution in [0.15, 0.2) is 70.0 Å². The van der Waals surface area contributed by atoms with Gasteiger partial charge in [-0.25, -0.2) is 0 Å². The Hall–Kier alpha value is -1.51. The van der Waals surface area contributed by atoms with Gasteiger partial charge in [0.05, 0.1) is 12.7 Å². The van der Waals surface area contributed by atoms with Crippen LogP contribution in [-0.4, -0.2) is 6.61 Å². The van der Waals surface area contributed by atoms with Crippen LogP contribution in [-0.2, 0) is 4.74 Å². The monoisotopic (exact) mass is 296 g/mol. The third-order valence-electron chi connectivity index (χ3n) is 3.78. The average Bonchev–Trinajstić information content (AvgIpc) is 2.51. The van der Waals surface area contributed by atoms with Gasteiger partial charge in [0, 0.05) is 11.3 Å². The number of hydrogen-bond donors (Lipinski definition) is 0. The first kappa shape index (κ1) is 14.4. The molecule has 21 heavy (non-hydrogen) atoms. The van der Waals surface area contributed by atoms with Crippen molar-refractivity contribution in [2.24, 2.45) is 0 Å². The van der Waals surface area contributed by atoms with Gasteiger partial charge in [-0.3, -0.25) is 0 Å². The Labute approximate surface area is 131 Å².